The first kappa shape index (κ1) is 64.0. The third kappa shape index (κ3) is 8.85. The maximum atomic E-state index is 16.0. The first-order chi connectivity index (χ1) is 41.2. The highest BCUT2D eigenvalue weighted by Gasteiger charge is 2.74. The lowest BCUT2D eigenvalue weighted by atomic mass is 9.33. The molecule has 0 radical (unpaired) electrons. The van der Waals surface area contributed by atoms with Gasteiger partial charge in [0.15, 0.2) is 11.5 Å². The summed E-state index contributed by atoms with van der Waals surface area (Å²) in [5, 5.41) is 23.2. The van der Waals surface area contributed by atoms with E-state index in [-0.39, 0.29) is 116 Å². The summed E-state index contributed by atoms with van der Waals surface area (Å²) in [5.41, 5.74) is 0.307. The average Bonchev–Trinajstić information content (AvgIpc) is 0.687. The number of hydrogen-bond donors (Lipinski definition) is 2. The summed E-state index contributed by atoms with van der Waals surface area (Å²) in [7, 11) is 6.28. The molecule has 0 bridgehead atoms. The largest absolute Gasteiger partial charge is 0.493 e. The summed E-state index contributed by atoms with van der Waals surface area (Å²) in [6, 6.07) is 3.81. The van der Waals surface area contributed by atoms with E-state index in [0.717, 1.165) is 114 Å². The monoisotopic (exact) mass is 1210 g/mol. The van der Waals surface area contributed by atoms with Gasteiger partial charge >= 0.3 is 23.9 Å². The Balaban J connectivity index is 0.931. The standard InChI is InChI=1S/C76H110O12/c1-65(2)29-31-73(63(81)85-15)33-35-75(49(51(73)41-65)17-19-57-69(9)25-23-59(77)67(5,6)55(69)21-27-71(57,75)11)43-87-61(79)47-37-45-39-53(83-13)54(84-14)40-46(45)38-48(47)62(80)88-44-76-36-34-74(64(82)86-16)32-30-66(3,4)42-52(74)50(76)18-20-58-70(10)26-24-60(78)68(7,8)56(70)22-28-72(58,76)12/h17-18,37,39-40,48,51-52,55-60,77-78H,19-36,38,41-44H2,1-16H3/t48-,51?,52?,55+,56+,57-,58-,59+,60+,69+,70+,71-,72-,73+,74+,75+,76+/m1/s1. The summed E-state index contributed by atoms with van der Waals surface area (Å²) in [4.78, 5) is 61.0. The number of ether oxygens (including phenoxy) is 6. The van der Waals surface area contributed by atoms with Gasteiger partial charge in [-0.05, 0) is 243 Å². The molecular formula is C76H110O12. The van der Waals surface area contributed by atoms with Crippen LogP contribution in [0.3, 0.4) is 0 Å². The van der Waals surface area contributed by atoms with E-state index in [0.29, 0.717) is 49.0 Å². The predicted octanol–water partition coefficient (Wildman–Crippen LogP) is 15.0. The van der Waals surface area contributed by atoms with Gasteiger partial charge < -0.3 is 38.6 Å². The summed E-state index contributed by atoms with van der Waals surface area (Å²) >= 11 is 0. The molecule has 0 spiro atoms. The number of benzene rings is 1. The number of methoxy groups -OCH3 is 4. The molecule has 12 nitrogen and oxygen atoms in total. The number of rotatable bonds is 10. The van der Waals surface area contributed by atoms with Crippen molar-refractivity contribution >= 4 is 30.0 Å². The van der Waals surface area contributed by atoms with E-state index in [1.807, 2.05) is 18.2 Å². The summed E-state index contributed by atoms with van der Waals surface area (Å²) in [6.07, 6.45) is 22.5. The minimum atomic E-state index is -1.01. The van der Waals surface area contributed by atoms with Crippen LogP contribution < -0.4 is 9.47 Å². The normalized spacial score (nSPS) is 43.7. The van der Waals surface area contributed by atoms with Crippen LogP contribution >= 0.6 is 0 Å². The molecule has 17 atom stereocenters. The van der Waals surface area contributed by atoms with E-state index < -0.39 is 39.5 Å². The van der Waals surface area contributed by atoms with Crippen molar-refractivity contribution < 1.29 is 57.8 Å². The second-order valence-electron chi connectivity index (χ2n) is 34.9. The Morgan fingerprint density at radius 3 is 1.39 bits per heavy atom. The van der Waals surface area contributed by atoms with Crippen molar-refractivity contribution in [2.45, 2.75) is 230 Å². The van der Waals surface area contributed by atoms with E-state index in [9.17, 15) is 19.8 Å². The van der Waals surface area contributed by atoms with Crippen LogP contribution in [0.1, 0.15) is 223 Å². The highest BCUT2D eigenvalue weighted by Crippen LogP contribution is 2.78. The Morgan fingerprint density at radius 2 is 0.943 bits per heavy atom. The van der Waals surface area contributed by atoms with Crippen molar-refractivity contribution in [3.8, 4) is 11.5 Å². The Bertz CT molecular complexity index is 3110. The van der Waals surface area contributed by atoms with Crippen LogP contribution in [0.4, 0.5) is 0 Å². The quantitative estimate of drug-likeness (QED) is 0.130. The molecule has 88 heavy (non-hydrogen) atoms. The minimum absolute atomic E-state index is 0.0259. The highest BCUT2D eigenvalue weighted by molar-refractivity contribution is 6.01. The lowest BCUT2D eigenvalue weighted by Gasteiger charge is -2.71. The van der Waals surface area contributed by atoms with Crippen LogP contribution in [0.5, 0.6) is 11.5 Å². The van der Waals surface area contributed by atoms with Gasteiger partial charge in [0, 0.05) is 10.8 Å². The average molecular weight is 1220 g/mol. The fourth-order valence-corrected chi connectivity index (χ4v) is 24.7. The van der Waals surface area contributed by atoms with Crippen LogP contribution in [0.15, 0.2) is 41.0 Å². The van der Waals surface area contributed by atoms with Crippen molar-refractivity contribution in [3.05, 3.63) is 52.1 Å². The molecule has 1 aromatic carbocycles. The molecule has 0 aliphatic heterocycles. The zero-order valence-electron chi connectivity index (χ0n) is 56.8. The van der Waals surface area contributed by atoms with E-state index in [4.69, 9.17) is 28.4 Å². The number of esters is 4. The second kappa shape index (κ2) is 21.2. The predicted molar refractivity (Wildman–Crippen MR) is 339 cm³/mol. The van der Waals surface area contributed by atoms with Crippen molar-refractivity contribution in [1.29, 1.82) is 0 Å². The molecule has 2 N–H and O–H groups in total. The zero-order chi connectivity index (χ0) is 63.6. The topological polar surface area (TPSA) is 164 Å². The molecule has 486 valence electrons. The van der Waals surface area contributed by atoms with Gasteiger partial charge in [0.2, 0.25) is 0 Å². The molecule has 2 unspecified atom stereocenters. The van der Waals surface area contributed by atoms with Crippen molar-refractivity contribution in [3.63, 3.8) is 0 Å². The van der Waals surface area contributed by atoms with Gasteiger partial charge in [-0.1, -0.05) is 106 Å². The summed E-state index contributed by atoms with van der Waals surface area (Å²) in [5.74, 6) is -0.382. The van der Waals surface area contributed by atoms with E-state index in [2.05, 4.69) is 95.2 Å². The van der Waals surface area contributed by atoms with Gasteiger partial charge in [0.25, 0.3) is 0 Å². The van der Waals surface area contributed by atoms with Crippen molar-refractivity contribution in [2.75, 3.05) is 41.7 Å². The van der Waals surface area contributed by atoms with Crippen LogP contribution in [0.2, 0.25) is 0 Å². The smallest absolute Gasteiger partial charge is 0.334 e. The summed E-state index contributed by atoms with van der Waals surface area (Å²) in [6.45, 7) is 28.5. The lowest BCUT2D eigenvalue weighted by Crippen LogP contribution is -2.67. The molecule has 8 fully saturated rings. The molecule has 11 aliphatic carbocycles. The number of carbonyl (C=O) groups excluding carboxylic acids is 4. The van der Waals surface area contributed by atoms with Gasteiger partial charge in [-0.25, -0.2) is 4.79 Å². The highest BCUT2D eigenvalue weighted by atomic mass is 16.5. The number of allylic oxidation sites excluding steroid dienone is 2. The third-order valence-corrected chi connectivity index (χ3v) is 30.0. The van der Waals surface area contributed by atoms with Crippen LogP contribution in [0, 0.1) is 106 Å². The molecule has 0 saturated heterocycles. The van der Waals surface area contributed by atoms with E-state index >= 15 is 9.59 Å². The molecule has 11 aliphatic rings. The Labute approximate surface area is 527 Å². The Kier molecular flexibility index (Phi) is 15.4. The number of aliphatic hydroxyl groups is 2. The van der Waals surface area contributed by atoms with E-state index in [1.54, 1.807) is 14.2 Å². The number of fused-ring (bicyclic) bond motifs is 15. The molecule has 0 aromatic heterocycles. The Morgan fingerprint density at radius 1 is 0.511 bits per heavy atom. The number of hydrogen-bond acceptors (Lipinski definition) is 12. The van der Waals surface area contributed by atoms with Gasteiger partial charge in [0.05, 0.1) is 63.0 Å². The van der Waals surface area contributed by atoms with Gasteiger partial charge in [-0.15, -0.1) is 0 Å². The fraction of sp³-hybridized carbons (Fsp3) is 0.789. The molecule has 1 aromatic rings. The van der Waals surface area contributed by atoms with Crippen molar-refractivity contribution in [1.82, 2.24) is 0 Å². The number of carbonyl (C=O) groups is 4. The molecule has 0 amide bonds. The lowest BCUT2D eigenvalue weighted by molar-refractivity contribution is -0.218. The number of aliphatic hydroxyl groups excluding tert-OH is 2. The van der Waals surface area contributed by atoms with Crippen LogP contribution in [-0.4, -0.2) is 88.0 Å². The van der Waals surface area contributed by atoms with Crippen LogP contribution in [0.25, 0.3) is 6.08 Å². The Hall–Kier alpha value is -4.16. The molecule has 0 heterocycles. The van der Waals surface area contributed by atoms with Gasteiger partial charge in [0.1, 0.15) is 13.2 Å². The van der Waals surface area contributed by atoms with Crippen LogP contribution in [-0.2, 0) is 44.5 Å². The summed E-state index contributed by atoms with van der Waals surface area (Å²) < 4.78 is 37.5. The van der Waals surface area contributed by atoms with Gasteiger partial charge in [-0.3, -0.25) is 14.4 Å². The first-order valence-corrected chi connectivity index (χ1v) is 34.4. The van der Waals surface area contributed by atoms with Crippen molar-refractivity contribution in [2.24, 2.45) is 106 Å². The molecule has 8 saturated carbocycles. The maximum Gasteiger partial charge on any atom is 0.334 e. The fourth-order valence-electron chi connectivity index (χ4n) is 24.7. The maximum absolute atomic E-state index is 16.0. The molecule has 12 rings (SSSR count). The molecule has 12 heteroatoms. The minimum Gasteiger partial charge on any atom is -0.493 e. The third-order valence-electron chi connectivity index (χ3n) is 30.0. The van der Waals surface area contributed by atoms with Gasteiger partial charge in [-0.2, -0.15) is 0 Å². The second-order valence-corrected chi connectivity index (χ2v) is 34.9. The van der Waals surface area contributed by atoms with E-state index in [1.165, 1.54) is 25.4 Å². The zero-order valence-corrected chi connectivity index (χ0v) is 56.8. The SMILES string of the molecule is COC(=O)[C@]12CCC(C)(C)CC1C1=CC[C@@H]3[C@@]4(C)CC[C@H](O)C(C)(C)[C@@H]4CC[C@@]3(C)[C@]1(COC(=O)C1=Cc3cc(OC)c(OC)cc3C[C@H]1C(=O)OC[C@@]13CC[C@@]4(C(=O)OC)CCC(C)(C)CC4C1=CC[C@@H]1[C@@]4(C)CC[C@H](O)C(C)(C)[C@@H]4CC[C@]13C)CC2. The molecular weight excluding hydrogens is 1100 g/mol. The first-order valence-electron chi connectivity index (χ1n) is 34.4.